The Morgan fingerprint density at radius 1 is 0.692 bits per heavy atom. The number of carbonyl (C=O) groups is 1. The molecule has 0 heterocycles. The summed E-state index contributed by atoms with van der Waals surface area (Å²) in [7, 11) is 1.43. The average Bonchev–Trinajstić information content (AvgIpc) is 3.07. The van der Waals surface area contributed by atoms with Gasteiger partial charge in [-0.25, -0.2) is 4.57 Å². The Kier molecular flexibility index (Phi) is 33.0. The van der Waals surface area contributed by atoms with Crippen LogP contribution in [0.15, 0.2) is 12.2 Å². The van der Waals surface area contributed by atoms with Crippen molar-refractivity contribution in [1.82, 2.24) is 5.32 Å². The summed E-state index contributed by atoms with van der Waals surface area (Å²) in [5, 5.41) is 24.2. The van der Waals surface area contributed by atoms with Crippen LogP contribution in [0, 0.1) is 5.92 Å². The van der Waals surface area contributed by atoms with Crippen molar-refractivity contribution in [2.75, 3.05) is 40.9 Å². The van der Waals surface area contributed by atoms with Gasteiger partial charge in [0, 0.05) is 0 Å². The Morgan fingerprint density at radius 3 is 1.60 bits per heavy atom. The van der Waals surface area contributed by atoms with E-state index in [1.54, 1.807) is 6.08 Å². The van der Waals surface area contributed by atoms with Gasteiger partial charge in [0.05, 0.1) is 39.9 Å². The number of hydrogen-bond donors (Lipinski definition) is 4. The second-order valence-electron chi connectivity index (χ2n) is 16.7. The van der Waals surface area contributed by atoms with Crippen molar-refractivity contribution in [3.05, 3.63) is 12.2 Å². The van der Waals surface area contributed by atoms with Gasteiger partial charge in [-0.15, -0.1) is 0 Å². The van der Waals surface area contributed by atoms with Crippen LogP contribution in [-0.2, 0) is 18.4 Å². The normalized spacial score (nSPS) is 15.3. The molecule has 10 heteroatoms. The number of nitrogens with one attached hydrogen (secondary N) is 1. The maximum atomic E-state index is 12.9. The molecule has 310 valence electrons. The predicted octanol–water partition coefficient (Wildman–Crippen LogP) is 10.4. The van der Waals surface area contributed by atoms with E-state index in [1.165, 1.54) is 122 Å². The van der Waals surface area contributed by atoms with Crippen LogP contribution >= 0.6 is 7.82 Å². The molecule has 2 unspecified atom stereocenters. The van der Waals surface area contributed by atoms with Crippen molar-refractivity contribution >= 4 is 13.7 Å². The summed E-state index contributed by atoms with van der Waals surface area (Å²) in [6.07, 6.45) is 32.1. The second-order valence-corrected chi connectivity index (χ2v) is 18.2. The minimum absolute atomic E-state index is 0.0206. The first-order chi connectivity index (χ1) is 24.8. The van der Waals surface area contributed by atoms with E-state index in [4.69, 9.17) is 9.05 Å². The van der Waals surface area contributed by atoms with Crippen LogP contribution in [0.3, 0.4) is 0 Å². The minimum atomic E-state index is -4.41. The minimum Gasteiger partial charge on any atom is -0.387 e. The summed E-state index contributed by atoms with van der Waals surface area (Å²) in [6, 6.07) is -1.02. The van der Waals surface area contributed by atoms with Gasteiger partial charge < -0.3 is 24.9 Å². The van der Waals surface area contributed by atoms with Crippen molar-refractivity contribution < 1.29 is 38.0 Å². The summed E-state index contributed by atoms with van der Waals surface area (Å²) < 4.78 is 23.4. The molecular formula is C42H86N2O7P+. The van der Waals surface area contributed by atoms with Crippen molar-refractivity contribution in [2.24, 2.45) is 5.92 Å². The highest BCUT2D eigenvalue weighted by Gasteiger charge is 2.29. The number of nitrogens with zero attached hydrogens (tertiary/aromatic N) is 1. The van der Waals surface area contributed by atoms with E-state index >= 15 is 0 Å². The third kappa shape index (κ3) is 34.9. The molecule has 0 aromatic heterocycles. The zero-order chi connectivity index (χ0) is 38.9. The lowest BCUT2D eigenvalue weighted by molar-refractivity contribution is -0.870. The molecule has 0 aromatic carbocycles. The van der Waals surface area contributed by atoms with Gasteiger partial charge in [-0.1, -0.05) is 181 Å². The molecule has 0 aliphatic heterocycles. The Bertz CT molecular complexity index is 896. The molecule has 0 spiro atoms. The molecule has 0 aliphatic carbocycles. The van der Waals surface area contributed by atoms with Crippen molar-refractivity contribution in [1.29, 1.82) is 0 Å². The SMILES string of the molecule is CCCCCCCCCCCCCCCCCCC(O)C(=O)N[C@@H](COP(=O)(O)OCC[N+](C)(C)C)[C@H](O)/C=C/CCCCCCCCCC(C)C. The first kappa shape index (κ1) is 51.2. The molecule has 0 bridgehead atoms. The summed E-state index contributed by atoms with van der Waals surface area (Å²) in [6.45, 7) is 6.90. The maximum Gasteiger partial charge on any atom is 0.472 e. The molecule has 0 saturated carbocycles. The molecule has 0 fully saturated rings. The fourth-order valence-corrected chi connectivity index (χ4v) is 6.97. The summed E-state index contributed by atoms with van der Waals surface area (Å²) in [5.41, 5.74) is 0. The number of quaternary nitrogens is 1. The van der Waals surface area contributed by atoms with Crippen LogP contribution in [0.4, 0.5) is 0 Å². The van der Waals surface area contributed by atoms with E-state index in [2.05, 4.69) is 26.1 Å². The summed E-state index contributed by atoms with van der Waals surface area (Å²) >= 11 is 0. The lowest BCUT2D eigenvalue weighted by Gasteiger charge is -2.26. The predicted molar refractivity (Wildman–Crippen MR) is 218 cm³/mol. The number of aliphatic hydroxyl groups excluding tert-OH is 2. The van der Waals surface area contributed by atoms with Crippen LogP contribution in [0.2, 0.25) is 0 Å². The van der Waals surface area contributed by atoms with E-state index < -0.39 is 38.6 Å². The molecule has 0 saturated heterocycles. The van der Waals surface area contributed by atoms with Gasteiger partial charge in [0.25, 0.3) is 0 Å². The molecule has 1 amide bonds. The van der Waals surface area contributed by atoms with E-state index in [1.807, 2.05) is 27.2 Å². The number of likely N-dealkylation sites (N-methyl/N-ethyl adjacent to an activating group) is 1. The lowest BCUT2D eigenvalue weighted by atomic mass is 10.0. The number of allylic oxidation sites excluding steroid dienone is 1. The maximum absolute atomic E-state index is 12.9. The van der Waals surface area contributed by atoms with E-state index in [0.717, 1.165) is 44.4 Å². The number of hydrogen-bond acceptors (Lipinski definition) is 6. The zero-order valence-electron chi connectivity index (χ0n) is 34.8. The number of carbonyl (C=O) groups excluding carboxylic acids is 1. The monoisotopic (exact) mass is 762 g/mol. The Hall–Kier alpha value is -0.800. The van der Waals surface area contributed by atoms with Crippen LogP contribution in [0.5, 0.6) is 0 Å². The Balaban J connectivity index is 4.54. The molecule has 0 aromatic rings. The van der Waals surface area contributed by atoms with Gasteiger partial charge in [-0.2, -0.15) is 0 Å². The van der Waals surface area contributed by atoms with Gasteiger partial charge >= 0.3 is 7.82 Å². The van der Waals surface area contributed by atoms with Gasteiger partial charge in [-0.3, -0.25) is 13.8 Å². The number of phosphoric acid groups is 1. The fourth-order valence-electron chi connectivity index (χ4n) is 6.23. The van der Waals surface area contributed by atoms with Crippen LogP contribution in [0.25, 0.3) is 0 Å². The van der Waals surface area contributed by atoms with Gasteiger partial charge in [0.15, 0.2) is 0 Å². The molecular weight excluding hydrogens is 675 g/mol. The summed E-state index contributed by atoms with van der Waals surface area (Å²) in [5.74, 6) is 0.161. The average molecular weight is 762 g/mol. The lowest BCUT2D eigenvalue weighted by Crippen LogP contribution is -2.49. The van der Waals surface area contributed by atoms with E-state index in [-0.39, 0.29) is 6.61 Å². The largest absolute Gasteiger partial charge is 0.472 e. The fraction of sp³-hybridized carbons (Fsp3) is 0.929. The second kappa shape index (κ2) is 33.5. The molecule has 4 N–H and O–H groups in total. The number of phosphoric ester groups is 1. The third-order valence-corrected chi connectivity index (χ3v) is 10.8. The number of unbranched alkanes of at least 4 members (excludes halogenated alkanes) is 22. The van der Waals surface area contributed by atoms with Crippen LogP contribution in [-0.4, -0.2) is 84.6 Å². The molecule has 4 atom stereocenters. The highest BCUT2D eigenvalue weighted by atomic mass is 31.2. The first-order valence-electron chi connectivity index (χ1n) is 21.5. The zero-order valence-corrected chi connectivity index (χ0v) is 35.7. The molecule has 0 aliphatic rings. The number of amides is 1. The molecule has 9 nitrogen and oxygen atoms in total. The van der Waals surface area contributed by atoms with Crippen molar-refractivity contribution in [2.45, 2.75) is 206 Å². The van der Waals surface area contributed by atoms with Gasteiger partial charge in [-0.05, 0) is 25.2 Å². The number of aliphatic hydroxyl groups is 2. The van der Waals surface area contributed by atoms with E-state index in [0.29, 0.717) is 17.4 Å². The number of rotatable bonds is 38. The molecule has 0 rings (SSSR count). The Labute approximate surface area is 321 Å². The summed E-state index contributed by atoms with van der Waals surface area (Å²) in [4.78, 5) is 23.1. The van der Waals surface area contributed by atoms with Gasteiger partial charge in [0.1, 0.15) is 19.3 Å². The topological polar surface area (TPSA) is 125 Å². The van der Waals surface area contributed by atoms with Crippen LogP contribution in [0.1, 0.15) is 188 Å². The highest BCUT2D eigenvalue weighted by Crippen LogP contribution is 2.43. The quantitative estimate of drug-likeness (QED) is 0.0214. The first-order valence-corrected chi connectivity index (χ1v) is 23.0. The van der Waals surface area contributed by atoms with Crippen LogP contribution < -0.4 is 5.32 Å². The van der Waals surface area contributed by atoms with Crippen molar-refractivity contribution in [3.63, 3.8) is 0 Å². The standard InChI is InChI=1S/C42H85N2O7P/c1-7-8-9-10-11-12-13-14-15-16-17-18-21-25-28-31-34-41(46)42(47)43-39(37-51-52(48,49)50-36-35-44(4,5)6)40(45)33-30-27-24-22-19-20-23-26-29-32-38(2)3/h30,33,38-41,45-46H,7-29,31-32,34-37H2,1-6H3,(H-,43,47,48,49)/p+1/b33-30+/t39-,40+,41?/m0/s1. The molecule has 0 radical (unpaired) electrons. The molecule has 52 heavy (non-hydrogen) atoms. The Morgan fingerprint density at radius 2 is 1.13 bits per heavy atom. The van der Waals surface area contributed by atoms with E-state index in [9.17, 15) is 24.5 Å². The third-order valence-electron chi connectivity index (χ3n) is 9.79. The highest BCUT2D eigenvalue weighted by molar-refractivity contribution is 7.47. The van der Waals surface area contributed by atoms with Gasteiger partial charge in [0.2, 0.25) is 5.91 Å². The smallest absolute Gasteiger partial charge is 0.387 e. The van der Waals surface area contributed by atoms with Crippen molar-refractivity contribution in [3.8, 4) is 0 Å².